The summed E-state index contributed by atoms with van der Waals surface area (Å²) in [5.74, 6) is 0. The molecule has 158 valence electrons. The van der Waals surface area contributed by atoms with Crippen LogP contribution >= 0.6 is 0 Å². The summed E-state index contributed by atoms with van der Waals surface area (Å²) in [7, 11) is -4.11. The van der Waals surface area contributed by atoms with E-state index in [1.807, 2.05) is 0 Å². The predicted molar refractivity (Wildman–Crippen MR) is 109 cm³/mol. The molecule has 0 radical (unpaired) electrons. The molecule has 0 saturated carbocycles. The zero-order valence-electron chi connectivity index (χ0n) is 18.3. The molecular weight excluding hydrogens is 371 g/mol. The summed E-state index contributed by atoms with van der Waals surface area (Å²) in [5, 5.41) is 9.23. The van der Waals surface area contributed by atoms with Gasteiger partial charge in [-0.2, -0.15) is 0 Å². The Morgan fingerprint density at radius 1 is 0.704 bits per heavy atom. The van der Waals surface area contributed by atoms with E-state index in [0.29, 0.717) is 12.8 Å². The molecule has 1 N–H and O–H groups in total. The SMILES string of the molecule is CCCCCCC(O)CCCCCCCCCCCC(CC)S(=O)(=O)[O-].[Na+]. The number of rotatable bonds is 19. The van der Waals surface area contributed by atoms with E-state index in [9.17, 15) is 18.1 Å². The first-order valence-electron chi connectivity index (χ1n) is 11.0. The Labute approximate surface area is 191 Å². The summed E-state index contributed by atoms with van der Waals surface area (Å²) in [6.07, 6.45) is 18.0. The molecule has 0 saturated heterocycles. The molecule has 4 nitrogen and oxygen atoms in total. The second-order valence-corrected chi connectivity index (χ2v) is 9.44. The molecular formula is C21H43NaO4S. The van der Waals surface area contributed by atoms with E-state index < -0.39 is 15.4 Å². The van der Waals surface area contributed by atoms with Gasteiger partial charge in [0.1, 0.15) is 0 Å². The van der Waals surface area contributed by atoms with Crippen molar-refractivity contribution in [3.05, 3.63) is 0 Å². The summed E-state index contributed by atoms with van der Waals surface area (Å²) >= 11 is 0. The molecule has 0 amide bonds. The number of unbranched alkanes of at least 4 members (excludes halogenated alkanes) is 11. The first-order chi connectivity index (χ1) is 12.4. The van der Waals surface area contributed by atoms with Crippen LogP contribution in [0.2, 0.25) is 0 Å². The first kappa shape index (κ1) is 30.1. The van der Waals surface area contributed by atoms with Crippen LogP contribution in [0.15, 0.2) is 0 Å². The van der Waals surface area contributed by atoms with Crippen LogP contribution in [-0.2, 0) is 10.1 Å². The first-order valence-corrected chi connectivity index (χ1v) is 12.5. The Hall–Kier alpha value is 0.870. The van der Waals surface area contributed by atoms with Gasteiger partial charge in [-0.1, -0.05) is 97.3 Å². The molecule has 0 aliphatic rings. The van der Waals surface area contributed by atoms with Crippen LogP contribution in [0.3, 0.4) is 0 Å². The molecule has 0 spiro atoms. The van der Waals surface area contributed by atoms with Crippen molar-refractivity contribution in [2.75, 3.05) is 0 Å². The minimum absolute atomic E-state index is 0. The normalized spacial score (nSPS) is 13.9. The Morgan fingerprint density at radius 3 is 1.44 bits per heavy atom. The van der Waals surface area contributed by atoms with Crippen molar-refractivity contribution in [2.45, 2.75) is 134 Å². The number of aliphatic hydroxyl groups excluding tert-OH is 1. The molecule has 0 aromatic heterocycles. The maximum Gasteiger partial charge on any atom is 1.00 e. The fourth-order valence-corrected chi connectivity index (χ4v) is 4.36. The molecule has 0 fully saturated rings. The summed E-state index contributed by atoms with van der Waals surface area (Å²) in [6, 6.07) is 0. The van der Waals surface area contributed by atoms with Crippen molar-refractivity contribution < 1.29 is 47.6 Å². The third-order valence-corrected chi connectivity index (χ3v) is 6.70. The van der Waals surface area contributed by atoms with E-state index in [4.69, 9.17) is 0 Å². The fourth-order valence-electron chi connectivity index (χ4n) is 3.49. The summed E-state index contributed by atoms with van der Waals surface area (Å²) in [5.41, 5.74) is 0. The number of hydrogen-bond donors (Lipinski definition) is 1. The van der Waals surface area contributed by atoms with Crippen LogP contribution in [0, 0.1) is 0 Å². The van der Waals surface area contributed by atoms with Crippen LogP contribution in [0.25, 0.3) is 0 Å². The number of hydrogen-bond acceptors (Lipinski definition) is 4. The molecule has 2 atom stereocenters. The monoisotopic (exact) mass is 414 g/mol. The summed E-state index contributed by atoms with van der Waals surface area (Å²) in [6.45, 7) is 3.98. The van der Waals surface area contributed by atoms with Crippen molar-refractivity contribution in [1.29, 1.82) is 0 Å². The summed E-state index contributed by atoms with van der Waals surface area (Å²) < 4.78 is 33.0. The van der Waals surface area contributed by atoms with Gasteiger partial charge in [-0.05, 0) is 25.7 Å². The van der Waals surface area contributed by atoms with E-state index in [1.165, 1.54) is 51.4 Å². The van der Waals surface area contributed by atoms with Crippen molar-refractivity contribution >= 4 is 10.1 Å². The van der Waals surface area contributed by atoms with E-state index in [2.05, 4.69) is 6.92 Å². The second-order valence-electron chi connectivity index (χ2n) is 7.79. The third-order valence-electron chi connectivity index (χ3n) is 5.32. The Balaban J connectivity index is 0. The van der Waals surface area contributed by atoms with Crippen molar-refractivity contribution in [2.24, 2.45) is 0 Å². The van der Waals surface area contributed by atoms with E-state index >= 15 is 0 Å². The van der Waals surface area contributed by atoms with Gasteiger partial charge in [-0.25, -0.2) is 8.42 Å². The third kappa shape index (κ3) is 19.9. The molecule has 0 heterocycles. The van der Waals surface area contributed by atoms with Crippen LogP contribution in [0.1, 0.15) is 123 Å². The van der Waals surface area contributed by atoms with E-state index in [0.717, 1.165) is 44.9 Å². The van der Waals surface area contributed by atoms with E-state index in [1.54, 1.807) is 6.92 Å². The topological polar surface area (TPSA) is 77.4 Å². The number of aliphatic hydroxyl groups is 1. The summed E-state index contributed by atoms with van der Waals surface area (Å²) in [4.78, 5) is 0. The minimum Gasteiger partial charge on any atom is -0.748 e. The molecule has 0 aromatic rings. The average Bonchev–Trinajstić information content (AvgIpc) is 2.58. The van der Waals surface area contributed by atoms with Gasteiger partial charge in [0.05, 0.1) is 16.2 Å². The molecule has 0 aromatic carbocycles. The quantitative estimate of drug-likeness (QED) is 0.200. The largest absolute Gasteiger partial charge is 1.00 e. The van der Waals surface area contributed by atoms with E-state index in [-0.39, 0.29) is 35.7 Å². The van der Waals surface area contributed by atoms with Gasteiger partial charge in [0.2, 0.25) is 0 Å². The molecule has 27 heavy (non-hydrogen) atoms. The van der Waals surface area contributed by atoms with Gasteiger partial charge in [0, 0.05) is 5.25 Å². The fraction of sp³-hybridized carbons (Fsp3) is 1.00. The molecule has 2 unspecified atom stereocenters. The zero-order chi connectivity index (χ0) is 19.7. The Bertz CT molecular complexity index is 401. The Morgan fingerprint density at radius 2 is 1.07 bits per heavy atom. The van der Waals surface area contributed by atoms with Crippen LogP contribution < -0.4 is 29.6 Å². The van der Waals surface area contributed by atoms with Crippen LogP contribution in [0.4, 0.5) is 0 Å². The molecule has 0 aliphatic heterocycles. The van der Waals surface area contributed by atoms with Crippen LogP contribution in [0.5, 0.6) is 0 Å². The van der Waals surface area contributed by atoms with Gasteiger partial charge in [0.15, 0.2) is 0 Å². The molecule has 0 aliphatic carbocycles. The average molecular weight is 415 g/mol. The molecule has 0 bridgehead atoms. The van der Waals surface area contributed by atoms with Gasteiger partial charge in [-0.15, -0.1) is 0 Å². The van der Waals surface area contributed by atoms with Gasteiger partial charge < -0.3 is 9.66 Å². The molecule has 6 heteroatoms. The zero-order valence-corrected chi connectivity index (χ0v) is 21.1. The maximum atomic E-state index is 11.0. The maximum absolute atomic E-state index is 11.0. The van der Waals surface area contributed by atoms with Crippen molar-refractivity contribution in [3.8, 4) is 0 Å². The predicted octanol–water partition coefficient (Wildman–Crippen LogP) is 2.94. The van der Waals surface area contributed by atoms with Crippen molar-refractivity contribution in [3.63, 3.8) is 0 Å². The van der Waals surface area contributed by atoms with Crippen molar-refractivity contribution in [1.82, 2.24) is 0 Å². The molecule has 0 rings (SSSR count). The second kappa shape index (κ2) is 20.2. The smallest absolute Gasteiger partial charge is 0.748 e. The minimum atomic E-state index is -4.11. The van der Waals surface area contributed by atoms with Crippen LogP contribution in [-0.4, -0.2) is 29.4 Å². The van der Waals surface area contributed by atoms with Gasteiger partial charge in [-0.3, -0.25) is 0 Å². The van der Waals surface area contributed by atoms with Gasteiger partial charge >= 0.3 is 29.6 Å². The van der Waals surface area contributed by atoms with Gasteiger partial charge in [0.25, 0.3) is 0 Å². The standard InChI is InChI=1S/C21H44O4S.Na/c1-3-5-6-14-17-20(22)18-15-12-10-8-7-9-11-13-16-19-21(4-2)26(23,24)25;/h20-22H,3-19H2,1-2H3,(H,23,24,25);/q;+1/p-1. The Kier molecular flexibility index (Phi) is 22.4.